The third kappa shape index (κ3) is 3.59. The first-order valence-electron chi connectivity index (χ1n) is 3.92. The van der Waals surface area contributed by atoms with Crippen molar-refractivity contribution in [2.75, 3.05) is 6.61 Å². The predicted molar refractivity (Wildman–Crippen MR) is 50.5 cm³/mol. The van der Waals surface area contributed by atoms with E-state index in [1.807, 2.05) is 6.07 Å². The van der Waals surface area contributed by atoms with Crippen molar-refractivity contribution in [3.8, 4) is 5.75 Å². The van der Waals surface area contributed by atoms with E-state index in [1.54, 1.807) is 31.2 Å². The third-order valence-corrected chi connectivity index (χ3v) is 2.37. The van der Waals surface area contributed by atoms with E-state index in [0.717, 1.165) is 0 Å². The lowest BCUT2D eigenvalue weighted by molar-refractivity contribution is 0.280. The fraction of sp³-hybridized carbons (Fsp3) is 0.250. The van der Waals surface area contributed by atoms with Gasteiger partial charge in [0.2, 0.25) is 0 Å². The minimum absolute atomic E-state index is 0.264. The summed E-state index contributed by atoms with van der Waals surface area (Å²) in [4.78, 5) is 0. The summed E-state index contributed by atoms with van der Waals surface area (Å²) in [5, 5.41) is 0. The molecule has 1 rings (SSSR count). The molecule has 0 aliphatic heterocycles. The molecule has 13 heavy (non-hydrogen) atoms. The second-order valence-electron chi connectivity index (χ2n) is 2.36. The lowest BCUT2D eigenvalue weighted by Crippen LogP contribution is -2.05. The van der Waals surface area contributed by atoms with Crippen LogP contribution in [-0.2, 0) is 9.09 Å². The van der Waals surface area contributed by atoms with Gasteiger partial charge in [0.15, 0.2) is 0 Å². The fourth-order valence-corrected chi connectivity index (χ4v) is 1.66. The average molecular weight is 201 g/mol. The second kappa shape index (κ2) is 4.42. The van der Waals surface area contributed by atoms with Crippen LogP contribution in [0.4, 0.5) is 0 Å². The smallest absolute Gasteiger partial charge is 0.413 e. The normalized spacial score (nSPS) is 14.9. The number of nitrogens with two attached hydrogens (primary N) is 1. The van der Waals surface area contributed by atoms with Gasteiger partial charge in [0, 0.05) is 0 Å². The van der Waals surface area contributed by atoms with Gasteiger partial charge in [-0.05, 0) is 19.1 Å². The lowest BCUT2D eigenvalue weighted by Gasteiger charge is -2.12. The Hall–Kier alpha value is -0.830. The van der Waals surface area contributed by atoms with Crippen molar-refractivity contribution in [3.63, 3.8) is 0 Å². The van der Waals surface area contributed by atoms with Crippen LogP contribution in [0.1, 0.15) is 6.92 Å². The number of hydrogen-bond acceptors (Lipinski definition) is 3. The van der Waals surface area contributed by atoms with E-state index in [9.17, 15) is 4.57 Å². The molecule has 0 fully saturated rings. The third-order valence-electron chi connectivity index (χ3n) is 1.28. The van der Waals surface area contributed by atoms with Gasteiger partial charge >= 0.3 is 7.75 Å². The maximum Gasteiger partial charge on any atom is 0.456 e. The minimum atomic E-state index is -3.41. The summed E-state index contributed by atoms with van der Waals surface area (Å²) in [5.74, 6) is 0.446. The highest BCUT2D eigenvalue weighted by molar-refractivity contribution is 7.51. The van der Waals surface area contributed by atoms with Crippen LogP contribution in [-0.4, -0.2) is 6.61 Å². The first-order valence-corrected chi connectivity index (χ1v) is 5.53. The molecule has 0 aliphatic rings. The minimum Gasteiger partial charge on any atom is -0.413 e. The van der Waals surface area contributed by atoms with E-state index < -0.39 is 7.75 Å². The van der Waals surface area contributed by atoms with Gasteiger partial charge in [-0.15, -0.1) is 0 Å². The van der Waals surface area contributed by atoms with Gasteiger partial charge in [-0.1, -0.05) is 18.2 Å². The van der Waals surface area contributed by atoms with Crippen molar-refractivity contribution < 1.29 is 13.6 Å². The van der Waals surface area contributed by atoms with Crippen LogP contribution < -0.4 is 10.0 Å². The van der Waals surface area contributed by atoms with E-state index in [0.29, 0.717) is 5.75 Å². The summed E-state index contributed by atoms with van der Waals surface area (Å²) in [6.07, 6.45) is 0. The molecule has 0 aliphatic carbocycles. The quantitative estimate of drug-likeness (QED) is 0.758. The van der Waals surface area contributed by atoms with E-state index in [-0.39, 0.29) is 6.61 Å². The Bertz CT molecular complexity index is 302. The molecule has 0 aromatic heterocycles. The summed E-state index contributed by atoms with van der Waals surface area (Å²) in [7, 11) is -3.41. The van der Waals surface area contributed by atoms with Crippen LogP contribution in [0.15, 0.2) is 30.3 Å². The maximum atomic E-state index is 11.3. The zero-order chi connectivity index (χ0) is 9.73. The van der Waals surface area contributed by atoms with E-state index in [1.165, 1.54) is 0 Å². The van der Waals surface area contributed by atoms with Crippen molar-refractivity contribution in [1.82, 2.24) is 0 Å². The average Bonchev–Trinajstić information content (AvgIpc) is 2.04. The molecule has 0 saturated heterocycles. The van der Waals surface area contributed by atoms with Gasteiger partial charge in [-0.3, -0.25) is 4.52 Å². The molecule has 0 radical (unpaired) electrons. The summed E-state index contributed by atoms with van der Waals surface area (Å²) < 4.78 is 21.0. The zero-order valence-electron chi connectivity index (χ0n) is 7.34. The van der Waals surface area contributed by atoms with E-state index >= 15 is 0 Å². The Morgan fingerprint density at radius 1 is 1.38 bits per heavy atom. The summed E-state index contributed by atoms with van der Waals surface area (Å²) >= 11 is 0. The first kappa shape index (κ1) is 10.3. The predicted octanol–water partition coefficient (Wildman–Crippen LogP) is 2.17. The van der Waals surface area contributed by atoms with Crippen LogP contribution in [0, 0.1) is 0 Å². The van der Waals surface area contributed by atoms with Gasteiger partial charge in [0.1, 0.15) is 5.75 Å². The second-order valence-corrected chi connectivity index (χ2v) is 3.88. The molecule has 1 unspecified atom stereocenters. The van der Waals surface area contributed by atoms with Crippen molar-refractivity contribution >= 4 is 7.75 Å². The van der Waals surface area contributed by atoms with Crippen LogP contribution in [0.2, 0.25) is 0 Å². The van der Waals surface area contributed by atoms with E-state index in [4.69, 9.17) is 14.6 Å². The molecule has 0 amide bonds. The number of hydrogen-bond donors (Lipinski definition) is 1. The molecule has 2 N–H and O–H groups in total. The van der Waals surface area contributed by atoms with Gasteiger partial charge in [-0.25, -0.2) is 10.1 Å². The zero-order valence-corrected chi connectivity index (χ0v) is 8.24. The lowest BCUT2D eigenvalue weighted by atomic mass is 10.3. The van der Waals surface area contributed by atoms with Crippen molar-refractivity contribution in [2.24, 2.45) is 5.50 Å². The molecule has 5 heteroatoms. The highest BCUT2D eigenvalue weighted by Crippen LogP contribution is 2.39. The van der Waals surface area contributed by atoms with Gasteiger partial charge in [0.05, 0.1) is 6.61 Å². The molecule has 1 atom stereocenters. The number of benzene rings is 1. The van der Waals surface area contributed by atoms with Crippen LogP contribution >= 0.6 is 7.75 Å². The maximum absolute atomic E-state index is 11.3. The molecule has 0 bridgehead atoms. The van der Waals surface area contributed by atoms with E-state index in [2.05, 4.69) is 0 Å². The topological polar surface area (TPSA) is 61.5 Å². The molecule has 4 nitrogen and oxygen atoms in total. The first-order chi connectivity index (χ1) is 6.14. The fourth-order valence-electron chi connectivity index (χ4n) is 0.835. The standard InChI is InChI=1S/C8H12NO3P/c1-2-11-13(9,10)12-8-6-4-3-5-7-8/h3-7H,2H2,1H3,(H2,9,10). The van der Waals surface area contributed by atoms with Gasteiger partial charge in [0.25, 0.3) is 0 Å². The Labute approximate surface area is 77.2 Å². The van der Waals surface area contributed by atoms with Crippen LogP contribution in [0.3, 0.4) is 0 Å². The molecule has 0 saturated carbocycles. The highest BCUT2D eigenvalue weighted by Gasteiger charge is 2.18. The molecule has 0 spiro atoms. The van der Waals surface area contributed by atoms with Crippen molar-refractivity contribution in [2.45, 2.75) is 6.92 Å². The monoisotopic (exact) mass is 201 g/mol. The van der Waals surface area contributed by atoms with Crippen LogP contribution in [0.5, 0.6) is 5.75 Å². The number of para-hydroxylation sites is 1. The summed E-state index contributed by atoms with van der Waals surface area (Å²) in [6.45, 7) is 1.97. The van der Waals surface area contributed by atoms with Crippen molar-refractivity contribution in [3.05, 3.63) is 30.3 Å². The highest BCUT2D eigenvalue weighted by atomic mass is 31.2. The molecule has 1 aromatic rings. The summed E-state index contributed by atoms with van der Waals surface area (Å²) in [5.41, 5.74) is 5.27. The van der Waals surface area contributed by atoms with Gasteiger partial charge in [-0.2, -0.15) is 0 Å². The Morgan fingerprint density at radius 3 is 2.54 bits per heavy atom. The molecule has 1 aromatic carbocycles. The molecule has 72 valence electrons. The largest absolute Gasteiger partial charge is 0.456 e. The Kier molecular flexibility index (Phi) is 3.48. The molecule has 0 heterocycles. The van der Waals surface area contributed by atoms with Crippen LogP contribution in [0.25, 0.3) is 0 Å². The molecular weight excluding hydrogens is 189 g/mol. The Balaban J connectivity index is 2.64. The number of rotatable bonds is 4. The van der Waals surface area contributed by atoms with Crippen molar-refractivity contribution in [1.29, 1.82) is 0 Å². The van der Waals surface area contributed by atoms with Gasteiger partial charge < -0.3 is 4.52 Å². The summed E-state index contributed by atoms with van der Waals surface area (Å²) in [6, 6.07) is 8.69. The SMILES string of the molecule is CCOP(N)(=O)Oc1ccccc1. The Morgan fingerprint density at radius 2 is 2.00 bits per heavy atom. The molecular formula is C8H12NO3P.